The number of hydrogen-bond donors (Lipinski definition) is 0. The van der Waals surface area contributed by atoms with Crippen molar-refractivity contribution in [1.29, 1.82) is 0 Å². The number of hydrogen-bond acceptors (Lipinski definition) is 4. The molecular weight excluding hydrogens is 352 g/mol. The largest absolute Gasteiger partial charge is 0.497 e. The zero-order valence-corrected chi connectivity index (χ0v) is 15.8. The van der Waals surface area contributed by atoms with Crippen molar-refractivity contribution in [2.45, 2.75) is 0 Å². The molecule has 4 nitrogen and oxygen atoms in total. The second-order valence-electron chi connectivity index (χ2n) is 6.47. The second kappa shape index (κ2) is 7.61. The molecule has 28 heavy (non-hydrogen) atoms. The third-order valence-electron chi connectivity index (χ3n) is 4.78. The minimum Gasteiger partial charge on any atom is -0.497 e. The summed E-state index contributed by atoms with van der Waals surface area (Å²) in [6.07, 6.45) is 1.82. The van der Waals surface area contributed by atoms with Gasteiger partial charge in [-0.15, -0.1) is 0 Å². The third kappa shape index (κ3) is 3.37. The highest BCUT2D eigenvalue weighted by molar-refractivity contribution is 6.14. The van der Waals surface area contributed by atoms with Gasteiger partial charge in [0.1, 0.15) is 23.9 Å². The molecule has 0 aliphatic carbocycles. The minimum atomic E-state index is -0.0306. The summed E-state index contributed by atoms with van der Waals surface area (Å²) in [7, 11) is 3.20. The van der Waals surface area contributed by atoms with Crippen LogP contribution in [0.25, 0.3) is 17.2 Å². The Morgan fingerprint density at radius 1 is 0.893 bits per heavy atom. The Labute approximate surface area is 164 Å². The van der Waals surface area contributed by atoms with Gasteiger partial charge in [-0.2, -0.15) is 0 Å². The summed E-state index contributed by atoms with van der Waals surface area (Å²) in [5.74, 6) is 1.92. The number of rotatable bonds is 4. The van der Waals surface area contributed by atoms with Crippen LogP contribution in [0.1, 0.15) is 15.9 Å². The van der Waals surface area contributed by atoms with Gasteiger partial charge in [-0.25, -0.2) is 0 Å². The fourth-order valence-electron chi connectivity index (χ4n) is 3.27. The van der Waals surface area contributed by atoms with E-state index >= 15 is 0 Å². The minimum absolute atomic E-state index is 0.0306. The molecule has 4 heteroatoms. The molecule has 4 rings (SSSR count). The number of benzene rings is 3. The molecule has 0 saturated carbocycles. The Hall–Kier alpha value is -3.53. The molecule has 3 aromatic carbocycles. The Kier molecular flexibility index (Phi) is 4.85. The van der Waals surface area contributed by atoms with Gasteiger partial charge in [0.15, 0.2) is 5.78 Å². The van der Waals surface area contributed by atoms with Gasteiger partial charge >= 0.3 is 0 Å². The maximum Gasteiger partial charge on any atom is 0.196 e. The maximum atomic E-state index is 13.1. The molecule has 0 bridgehead atoms. The number of carbonyl (C=O) groups is 1. The number of ether oxygens (including phenoxy) is 3. The summed E-state index contributed by atoms with van der Waals surface area (Å²) >= 11 is 0. The van der Waals surface area contributed by atoms with Gasteiger partial charge in [-0.05, 0) is 41.5 Å². The first-order chi connectivity index (χ1) is 13.7. The summed E-state index contributed by atoms with van der Waals surface area (Å²) in [5.41, 5.74) is 4.01. The van der Waals surface area contributed by atoms with E-state index in [0.29, 0.717) is 28.4 Å². The van der Waals surface area contributed by atoms with Gasteiger partial charge in [0.25, 0.3) is 0 Å². The van der Waals surface area contributed by atoms with Crippen LogP contribution in [0.2, 0.25) is 0 Å². The molecule has 0 N–H and O–H groups in total. The molecular formula is C24H20O4. The molecule has 0 amide bonds. The fraction of sp³-hybridized carbons (Fsp3) is 0.125. The van der Waals surface area contributed by atoms with Crippen LogP contribution < -0.4 is 14.2 Å². The van der Waals surface area contributed by atoms with E-state index in [0.717, 1.165) is 16.7 Å². The lowest BCUT2D eigenvalue weighted by atomic mass is 9.94. The van der Waals surface area contributed by atoms with Gasteiger partial charge in [-0.1, -0.05) is 36.4 Å². The van der Waals surface area contributed by atoms with Crippen LogP contribution in [-0.2, 0) is 0 Å². The van der Waals surface area contributed by atoms with Crippen molar-refractivity contribution in [2.75, 3.05) is 20.8 Å². The highest BCUT2D eigenvalue weighted by atomic mass is 16.5. The van der Waals surface area contributed by atoms with Crippen molar-refractivity contribution in [2.24, 2.45) is 0 Å². The topological polar surface area (TPSA) is 44.8 Å². The summed E-state index contributed by atoms with van der Waals surface area (Å²) in [5, 5.41) is 0. The van der Waals surface area contributed by atoms with Gasteiger partial charge in [-0.3, -0.25) is 4.79 Å². The van der Waals surface area contributed by atoms with E-state index in [1.165, 1.54) is 0 Å². The lowest BCUT2D eigenvalue weighted by Crippen LogP contribution is -2.19. The van der Waals surface area contributed by atoms with Crippen molar-refractivity contribution >= 4 is 11.9 Å². The molecule has 140 valence electrons. The van der Waals surface area contributed by atoms with Crippen molar-refractivity contribution in [3.63, 3.8) is 0 Å². The van der Waals surface area contributed by atoms with Crippen LogP contribution in [0.4, 0.5) is 0 Å². The number of methoxy groups -OCH3 is 2. The average molecular weight is 372 g/mol. The van der Waals surface area contributed by atoms with Crippen LogP contribution in [0.15, 0.2) is 72.3 Å². The van der Waals surface area contributed by atoms with Crippen LogP contribution in [0, 0.1) is 0 Å². The van der Waals surface area contributed by atoms with Crippen molar-refractivity contribution < 1.29 is 19.0 Å². The Balaban J connectivity index is 1.71. The molecule has 0 saturated heterocycles. The molecule has 1 aliphatic heterocycles. The second-order valence-corrected chi connectivity index (χ2v) is 6.47. The molecule has 3 aromatic rings. The summed E-state index contributed by atoms with van der Waals surface area (Å²) in [4.78, 5) is 13.1. The number of ketones is 1. The Morgan fingerprint density at radius 2 is 1.71 bits per heavy atom. The predicted molar refractivity (Wildman–Crippen MR) is 109 cm³/mol. The Bertz CT molecular complexity index is 1050. The number of fused-ring (bicyclic) bond motifs is 1. The van der Waals surface area contributed by atoms with Crippen molar-refractivity contribution in [3.05, 3.63) is 83.4 Å². The van der Waals surface area contributed by atoms with E-state index < -0.39 is 0 Å². The smallest absolute Gasteiger partial charge is 0.196 e. The molecule has 0 aromatic heterocycles. The Morgan fingerprint density at radius 3 is 2.46 bits per heavy atom. The van der Waals surface area contributed by atoms with Crippen LogP contribution in [-0.4, -0.2) is 26.6 Å². The highest BCUT2D eigenvalue weighted by Crippen LogP contribution is 2.33. The predicted octanol–water partition coefficient (Wildman–Crippen LogP) is 5.03. The zero-order chi connectivity index (χ0) is 19.5. The van der Waals surface area contributed by atoms with Crippen molar-refractivity contribution in [1.82, 2.24) is 0 Å². The van der Waals surface area contributed by atoms with E-state index in [-0.39, 0.29) is 12.4 Å². The first-order valence-electron chi connectivity index (χ1n) is 8.99. The summed E-state index contributed by atoms with van der Waals surface area (Å²) in [6.45, 7) is 0.228. The lowest BCUT2D eigenvalue weighted by molar-refractivity contribution is 0.100. The third-order valence-corrected chi connectivity index (χ3v) is 4.78. The number of carbonyl (C=O) groups excluding carboxylic acids is 1. The first kappa shape index (κ1) is 17.9. The van der Waals surface area contributed by atoms with Gasteiger partial charge in [0, 0.05) is 17.2 Å². The standard InChI is InChI=1S/C24H20O4/c1-26-20-10-8-18(23(14-20)27-2)12-19-15-28-22-11-9-17(13-21(22)24(19)25)16-6-4-3-5-7-16/h3-14H,15H2,1-2H3/b19-12+. The zero-order valence-electron chi connectivity index (χ0n) is 15.8. The molecule has 1 heterocycles. The summed E-state index contributed by atoms with van der Waals surface area (Å²) in [6, 6.07) is 21.2. The van der Waals surface area contributed by atoms with Crippen LogP contribution in [0.3, 0.4) is 0 Å². The molecule has 0 atom stereocenters. The first-order valence-corrected chi connectivity index (χ1v) is 8.99. The monoisotopic (exact) mass is 372 g/mol. The van der Waals surface area contributed by atoms with E-state index in [2.05, 4.69) is 0 Å². The van der Waals surface area contributed by atoms with Crippen molar-refractivity contribution in [3.8, 4) is 28.4 Å². The molecule has 0 unspecified atom stereocenters. The highest BCUT2D eigenvalue weighted by Gasteiger charge is 2.24. The normalized spacial score (nSPS) is 14.4. The fourth-order valence-corrected chi connectivity index (χ4v) is 3.27. The van der Waals surface area contributed by atoms with Gasteiger partial charge in [0.05, 0.1) is 19.8 Å². The van der Waals surface area contributed by atoms with Gasteiger partial charge < -0.3 is 14.2 Å². The van der Waals surface area contributed by atoms with Gasteiger partial charge in [0.2, 0.25) is 0 Å². The number of Topliss-reactive ketones (excluding diaryl/α,β-unsaturated/α-hetero) is 1. The molecule has 0 radical (unpaired) electrons. The van der Waals surface area contributed by atoms with Crippen LogP contribution in [0.5, 0.6) is 17.2 Å². The van der Waals surface area contributed by atoms with E-state index in [4.69, 9.17) is 14.2 Å². The average Bonchev–Trinajstić information content (AvgIpc) is 2.76. The maximum absolute atomic E-state index is 13.1. The lowest BCUT2D eigenvalue weighted by Gasteiger charge is -2.20. The van der Waals surface area contributed by atoms with E-state index in [1.807, 2.05) is 66.7 Å². The molecule has 0 spiro atoms. The molecule has 1 aliphatic rings. The summed E-state index contributed by atoms with van der Waals surface area (Å²) < 4.78 is 16.5. The van der Waals surface area contributed by atoms with Crippen LogP contribution >= 0.6 is 0 Å². The quantitative estimate of drug-likeness (QED) is 0.603. The molecule has 0 fully saturated rings. The van der Waals surface area contributed by atoms with E-state index in [9.17, 15) is 4.79 Å². The van der Waals surface area contributed by atoms with E-state index in [1.54, 1.807) is 20.3 Å². The SMILES string of the molecule is COc1ccc(/C=C2\COc3ccc(-c4ccccc4)cc3C2=O)c(OC)c1.